The summed E-state index contributed by atoms with van der Waals surface area (Å²) in [5.74, 6) is 0. The molecular formula is C6H11N3O. The lowest BCUT2D eigenvalue weighted by atomic mass is 10.3. The van der Waals surface area contributed by atoms with Gasteiger partial charge in [-0.3, -0.25) is 4.68 Å². The van der Waals surface area contributed by atoms with E-state index in [1.54, 1.807) is 4.68 Å². The fraction of sp³-hybridized carbons (Fsp3) is 0.667. The van der Waals surface area contributed by atoms with Crippen LogP contribution in [0.15, 0.2) is 0 Å². The summed E-state index contributed by atoms with van der Waals surface area (Å²) in [5.41, 5.74) is 1.69. The van der Waals surface area contributed by atoms with Gasteiger partial charge in [-0.05, 0) is 6.42 Å². The molecular weight excluding hydrogens is 130 g/mol. The van der Waals surface area contributed by atoms with Crippen molar-refractivity contribution in [2.75, 3.05) is 0 Å². The van der Waals surface area contributed by atoms with Crippen LogP contribution in [-0.4, -0.2) is 20.1 Å². The second-order valence-electron chi connectivity index (χ2n) is 2.12. The third kappa shape index (κ3) is 1.02. The molecule has 0 aliphatic carbocycles. The summed E-state index contributed by atoms with van der Waals surface area (Å²) in [7, 11) is 1.82. The minimum absolute atomic E-state index is 0.0169. The summed E-state index contributed by atoms with van der Waals surface area (Å²) in [6, 6.07) is 0. The van der Waals surface area contributed by atoms with E-state index in [1.165, 1.54) is 0 Å². The first-order valence-electron chi connectivity index (χ1n) is 3.27. The van der Waals surface area contributed by atoms with Gasteiger partial charge in [0.15, 0.2) is 0 Å². The van der Waals surface area contributed by atoms with E-state index in [4.69, 9.17) is 5.11 Å². The summed E-state index contributed by atoms with van der Waals surface area (Å²) in [4.78, 5) is 0. The Kier molecular flexibility index (Phi) is 2.01. The number of nitrogens with zero attached hydrogens (tertiary/aromatic N) is 3. The van der Waals surface area contributed by atoms with Crippen molar-refractivity contribution in [3.8, 4) is 0 Å². The van der Waals surface area contributed by atoms with Gasteiger partial charge in [0.1, 0.15) is 5.69 Å². The highest BCUT2D eigenvalue weighted by Gasteiger charge is 2.05. The van der Waals surface area contributed by atoms with Crippen LogP contribution in [0.3, 0.4) is 0 Å². The maximum absolute atomic E-state index is 8.75. The van der Waals surface area contributed by atoms with Crippen LogP contribution in [0.4, 0.5) is 0 Å². The molecule has 1 aromatic rings. The number of aromatic nitrogens is 3. The molecule has 0 saturated heterocycles. The normalized spacial score (nSPS) is 10.3. The first-order valence-corrected chi connectivity index (χ1v) is 3.27. The minimum Gasteiger partial charge on any atom is -0.390 e. The maximum atomic E-state index is 8.75. The van der Waals surface area contributed by atoms with E-state index in [2.05, 4.69) is 10.3 Å². The van der Waals surface area contributed by atoms with Gasteiger partial charge in [-0.25, -0.2) is 0 Å². The lowest BCUT2D eigenvalue weighted by Gasteiger charge is -1.95. The largest absolute Gasteiger partial charge is 0.390 e. The highest BCUT2D eigenvalue weighted by molar-refractivity contribution is 5.07. The molecule has 10 heavy (non-hydrogen) atoms. The van der Waals surface area contributed by atoms with Gasteiger partial charge >= 0.3 is 0 Å². The van der Waals surface area contributed by atoms with E-state index in [-0.39, 0.29) is 6.61 Å². The van der Waals surface area contributed by atoms with Gasteiger partial charge < -0.3 is 5.11 Å². The number of aliphatic hydroxyl groups is 1. The van der Waals surface area contributed by atoms with Crippen LogP contribution in [0.2, 0.25) is 0 Å². The van der Waals surface area contributed by atoms with Crippen molar-refractivity contribution < 1.29 is 5.11 Å². The predicted octanol–water partition coefficient (Wildman–Crippen LogP) is -0.130. The number of hydrogen-bond donors (Lipinski definition) is 1. The molecule has 0 fully saturated rings. The Labute approximate surface area is 59.5 Å². The van der Waals surface area contributed by atoms with Crippen molar-refractivity contribution in [1.82, 2.24) is 15.0 Å². The summed E-state index contributed by atoms with van der Waals surface area (Å²) >= 11 is 0. The van der Waals surface area contributed by atoms with E-state index in [9.17, 15) is 0 Å². The molecule has 0 aliphatic heterocycles. The molecule has 1 heterocycles. The third-order valence-corrected chi connectivity index (χ3v) is 1.51. The van der Waals surface area contributed by atoms with E-state index >= 15 is 0 Å². The van der Waals surface area contributed by atoms with E-state index in [0.717, 1.165) is 12.1 Å². The van der Waals surface area contributed by atoms with Crippen LogP contribution in [-0.2, 0) is 20.1 Å². The molecule has 0 radical (unpaired) electrons. The van der Waals surface area contributed by atoms with Crippen LogP contribution in [0.1, 0.15) is 18.3 Å². The molecule has 0 spiro atoms. The zero-order chi connectivity index (χ0) is 7.56. The zero-order valence-electron chi connectivity index (χ0n) is 6.20. The molecule has 4 nitrogen and oxygen atoms in total. The van der Waals surface area contributed by atoms with Gasteiger partial charge in [-0.1, -0.05) is 12.1 Å². The molecule has 1 rings (SSSR count). The molecule has 4 heteroatoms. The van der Waals surface area contributed by atoms with Crippen LogP contribution in [0.5, 0.6) is 0 Å². The maximum Gasteiger partial charge on any atom is 0.111 e. The van der Waals surface area contributed by atoms with Crippen LogP contribution < -0.4 is 0 Å². The summed E-state index contributed by atoms with van der Waals surface area (Å²) in [5, 5.41) is 16.3. The molecule has 0 atom stereocenters. The molecule has 0 aromatic carbocycles. The highest BCUT2D eigenvalue weighted by Crippen LogP contribution is 2.03. The number of aliphatic hydroxyl groups excluding tert-OH is 1. The average molecular weight is 141 g/mol. The highest BCUT2D eigenvalue weighted by atomic mass is 16.3. The molecule has 0 unspecified atom stereocenters. The average Bonchev–Trinajstić information content (AvgIpc) is 2.30. The second-order valence-corrected chi connectivity index (χ2v) is 2.12. The Bertz CT molecular complexity index is 219. The number of hydrogen-bond acceptors (Lipinski definition) is 3. The Morgan fingerprint density at radius 3 is 2.70 bits per heavy atom. The Balaban J connectivity index is 3.01. The van der Waals surface area contributed by atoms with Gasteiger partial charge in [-0.15, -0.1) is 5.10 Å². The van der Waals surface area contributed by atoms with E-state index < -0.39 is 0 Å². The molecule has 56 valence electrons. The zero-order valence-corrected chi connectivity index (χ0v) is 6.20. The molecule has 0 aliphatic rings. The molecule has 0 bridgehead atoms. The molecule has 0 saturated carbocycles. The second kappa shape index (κ2) is 2.79. The summed E-state index contributed by atoms with van der Waals surface area (Å²) in [6.07, 6.45) is 0.861. The fourth-order valence-electron chi connectivity index (χ4n) is 0.975. The van der Waals surface area contributed by atoms with E-state index in [0.29, 0.717) is 5.69 Å². The molecule has 0 amide bonds. The van der Waals surface area contributed by atoms with Crippen molar-refractivity contribution in [3.05, 3.63) is 11.4 Å². The Morgan fingerprint density at radius 1 is 1.60 bits per heavy atom. The standard InChI is InChI=1S/C6H11N3O/c1-3-6-5(4-10)7-8-9(6)2/h10H,3-4H2,1-2H3. The van der Waals surface area contributed by atoms with Crippen LogP contribution >= 0.6 is 0 Å². The summed E-state index contributed by atoms with van der Waals surface area (Å²) < 4.78 is 1.69. The number of rotatable bonds is 2. The predicted molar refractivity (Wildman–Crippen MR) is 36.3 cm³/mol. The van der Waals surface area contributed by atoms with Crippen molar-refractivity contribution in [2.24, 2.45) is 7.05 Å². The summed E-state index contributed by atoms with van der Waals surface area (Å²) in [6.45, 7) is 1.99. The van der Waals surface area contributed by atoms with Crippen molar-refractivity contribution >= 4 is 0 Å². The number of aryl methyl sites for hydroxylation is 1. The van der Waals surface area contributed by atoms with Gasteiger partial charge in [0.2, 0.25) is 0 Å². The Morgan fingerprint density at radius 2 is 2.30 bits per heavy atom. The van der Waals surface area contributed by atoms with Crippen LogP contribution in [0.25, 0.3) is 0 Å². The topological polar surface area (TPSA) is 50.9 Å². The smallest absolute Gasteiger partial charge is 0.111 e. The molecule has 1 aromatic heterocycles. The third-order valence-electron chi connectivity index (χ3n) is 1.51. The van der Waals surface area contributed by atoms with Gasteiger partial charge in [0.25, 0.3) is 0 Å². The quantitative estimate of drug-likeness (QED) is 0.624. The fourth-order valence-corrected chi connectivity index (χ4v) is 0.975. The van der Waals surface area contributed by atoms with Gasteiger partial charge in [0, 0.05) is 7.05 Å². The molecule has 1 N–H and O–H groups in total. The minimum atomic E-state index is -0.0169. The monoisotopic (exact) mass is 141 g/mol. The van der Waals surface area contributed by atoms with Gasteiger partial charge in [-0.2, -0.15) is 0 Å². The SMILES string of the molecule is CCc1c(CO)nnn1C. The van der Waals surface area contributed by atoms with Crippen molar-refractivity contribution in [1.29, 1.82) is 0 Å². The van der Waals surface area contributed by atoms with E-state index in [1.807, 2.05) is 14.0 Å². The lowest BCUT2D eigenvalue weighted by molar-refractivity contribution is 0.275. The Hall–Kier alpha value is -0.900. The first-order chi connectivity index (χ1) is 4.79. The first kappa shape index (κ1) is 7.21. The van der Waals surface area contributed by atoms with Crippen molar-refractivity contribution in [2.45, 2.75) is 20.0 Å². The van der Waals surface area contributed by atoms with Gasteiger partial charge in [0.05, 0.1) is 12.3 Å². The van der Waals surface area contributed by atoms with Crippen LogP contribution in [0, 0.1) is 0 Å². The lowest BCUT2D eigenvalue weighted by Crippen LogP contribution is -1.98. The van der Waals surface area contributed by atoms with Crippen molar-refractivity contribution in [3.63, 3.8) is 0 Å².